The van der Waals surface area contributed by atoms with Crippen LogP contribution in [0.2, 0.25) is 10.0 Å². The number of nitrogens with one attached hydrogen (secondary N) is 1. The molecule has 3 heterocycles. The Labute approximate surface area is 203 Å². The van der Waals surface area contributed by atoms with Crippen LogP contribution in [-0.2, 0) is 0 Å². The summed E-state index contributed by atoms with van der Waals surface area (Å²) in [4.78, 5) is 10.4. The van der Waals surface area contributed by atoms with Crippen LogP contribution in [0.5, 0.6) is 0 Å². The number of nitrogens with two attached hydrogens (primary N) is 1. The number of hydrogen-bond donors (Lipinski definition) is 3. The summed E-state index contributed by atoms with van der Waals surface area (Å²) in [7, 11) is 0. The molecule has 1 aromatic carbocycles. The van der Waals surface area contributed by atoms with Gasteiger partial charge in [-0.15, -0.1) is 0 Å². The topological polar surface area (TPSA) is 90.5 Å². The average molecular weight is 523 g/mol. The molecule has 13 heteroatoms. The zero-order chi connectivity index (χ0) is 24.6. The van der Waals surface area contributed by atoms with Crippen LogP contribution in [0, 0.1) is 11.7 Å². The van der Waals surface area contributed by atoms with Gasteiger partial charge in [-0.2, -0.15) is 17.6 Å². The summed E-state index contributed by atoms with van der Waals surface area (Å²) < 4.78 is 56.5. The summed E-state index contributed by atoms with van der Waals surface area (Å²) >= 11 is 12.1. The predicted octanol–water partition coefficient (Wildman–Crippen LogP) is 4.16. The second-order valence-electron chi connectivity index (χ2n) is 8.55. The number of anilines is 3. The zero-order valence-corrected chi connectivity index (χ0v) is 19.5. The van der Waals surface area contributed by atoms with Crippen LogP contribution in [0.25, 0.3) is 0 Å². The first kappa shape index (κ1) is 25.0. The highest BCUT2D eigenvalue weighted by atomic mass is 35.5. The summed E-state index contributed by atoms with van der Waals surface area (Å²) in [6.07, 6.45) is -3.82. The minimum Gasteiger partial charge on any atom is -0.381 e. The number of alkyl halides is 3. The second-order valence-corrected chi connectivity index (χ2v) is 9.42. The van der Waals surface area contributed by atoms with Crippen molar-refractivity contribution < 1.29 is 22.7 Å². The van der Waals surface area contributed by atoms with E-state index < -0.39 is 36.2 Å². The van der Waals surface area contributed by atoms with Crippen molar-refractivity contribution in [2.45, 2.75) is 43.8 Å². The van der Waals surface area contributed by atoms with Gasteiger partial charge in [0.1, 0.15) is 12.6 Å². The standard InChI is InChI=1S/C21H24Cl2F4N6O/c22-11-6-12(23)8-13(7-11)31-15-2-1-4-33(20(15)34)16-9-32(5-3-14(16)21(25,26)27)19-17(24)18(28)29-10-30-19/h6-8,10,14-16,20,31,34H,1-5,9H2,(H2,28,29,30)/t14-,15+,16-,20?/m1/s1. The lowest BCUT2D eigenvalue weighted by Crippen LogP contribution is -2.63. The summed E-state index contributed by atoms with van der Waals surface area (Å²) in [6, 6.07) is 3.14. The molecule has 2 aliphatic heterocycles. The Morgan fingerprint density at radius 2 is 1.79 bits per heavy atom. The molecule has 4 N–H and O–H groups in total. The zero-order valence-electron chi connectivity index (χ0n) is 17.9. The molecule has 2 saturated heterocycles. The summed E-state index contributed by atoms with van der Waals surface area (Å²) in [6.45, 7) is 0.0279. The molecule has 0 spiro atoms. The molecule has 2 aromatic rings. The van der Waals surface area contributed by atoms with Crippen LogP contribution in [0.1, 0.15) is 19.3 Å². The third-order valence-electron chi connectivity index (χ3n) is 6.37. The number of likely N-dealkylation sites (tertiary alicyclic amines) is 1. The van der Waals surface area contributed by atoms with E-state index in [0.29, 0.717) is 28.6 Å². The van der Waals surface area contributed by atoms with Gasteiger partial charge in [-0.25, -0.2) is 9.97 Å². The van der Waals surface area contributed by atoms with Crippen molar-refractivity contribution in [3.05, 3.63) is 40.4 Å². The van der Waals surface area contributed by atoms with Crippen molar-refractivity contribution in [2.75, 3.05) is 35.6 Å². The number of nitrogens with zero attached hydrogens (tertiary/aromatic N) is 4. The van der Waals surface area contributed by atoms with Crippen LogP contribution < -0.4 is 16.0 Å². The summed E-state index contributed by atoms with van der Waals surface area (Å²) in [5.74, 6) is -3.09. The van der Waals surface area contributed by atoms with Crippen molar-refractivity contribution in [2.24, 2.45) is 5.92 Å². The van der Waals surface area contributed by atoms with E-state index in [1.54, 1.807) is 18.2 Å². The Kier molecular flexibility index (Phi) is 7.28. The molecule has 1 aromatic heterocycles. The van der Waals surface area contributed by atoms with Gasteiger partial charge < -0.3 is 21.1 Å². The maximum atomic E-state index is 14.5. The summed E-state index contributed by atoms with van der Waals surface area (Å²) in [5, 5.41) is 15.0. The quantitative estimate of drug-likeness (QED) is 0.519. The number of aliphatic hydroxyl groups is 1. The monoisotopic (exact) mass is 522 g/mol. The number of hydrogen-bond acceptors (Lipinski definition) is 7. The fourth-order valence-electron chi connectivity index (χ4n) is 4.80. The summed E-state index contributed by atoms with van der Waals surface area (Å²) in [5.41, 5.74) is 6.08. The molecule has 4 atom stereocenters. The van der Waals surface area contributed by atoms with Gasteiger partial charge in [0, 0.05) is 41.4 Å². The molecule has 0 amide bonds. The van der Waals surface area contributed by atoms with Gasteiger partial charge in [0.25, 0.3) is 0 Å². The van der Waals surface area contributed by atoms with Crippen LogP contribution >= 0.6 is 23.2 Å². The number of benzene rings is 1. The number of piperidine rings is 2. The van der Waals surface area contributed by atoms with Crippen molar-refractivity contribution in [1.82, 2.24) is 14.9 Å². The van der Waals surface area contributed by atoms with Crippen molar-refractivity contribution in [3.8, 4) is 0 Å². The first-order valence-corrected chi connectivity index (χ1v) is 11.5. The number of halogens is 6. The Morgan fingerprint density at radius 3 is 2.47 bits per heavy atom. The maximum Gasteiger partial charge on any atom is 0.393 e. The highest BCUT2D eigenvalue weighted by Crippen LogP contribution is 2.40. The molecular weight excluding hydrogens is 499 g/mol. The van der Waals surface area contributed by atoms with E-state index in [2.05, 4.69) is 15.3 Å². The molecule has 0 bridgehead atoms. The molecule has 1 unspecified atom stereocenters. The van der Waals surface area contributed by atoms with Gasteiger partial charge in [0.2, 0.25) is 5.82 Å². The molecule has 0 radical (unpaired) electrons. The van der Waals surface area contributed by atoms with Gasteiger partial charge in [0.15, 0.2) is 11.6 Å². The first-order chi connectivity index (χ1) is 16.0. The first-order valence-electron chi connectivity index (χ1n) is 10.8. The molecule has 4 rings (SSSR count). The molecule has 2 aliphatic rings. The van der Waals surface area contributed by atoms with Crippen LogP contribution in [0.15, 0.2) is 24.5 Å². The number of aromatic nitrogens is 2. The lowest BCUT2D eigenvalue weighted by Gasteiger charge is -2.49. The van der Waals surface area contributed by atoms with Crippen LogP contribution in [0.3, 0.4) is 0 Å². The largest absolute Gasteiger partial charge is 0.393 e. The second kappa shape index (κ2) is 9.88. The fraction of sp³-hybridized carbons (Fsp3) is 0.524. The third kappa shape index (κ3) is 5.27. The third-order valence-corrected chi connectivity index (χ3v) is 6.81. The highest BCUT2D eigenvalue weighted by Gasteiger charge is 2.51. The fourth-order valence-corrected chi connectivity index (χ4v) is 5.33. The van der Waals surface area contributed by atoms with E-state index in [1.807, 2.05) is 0 Å². The van der Waals surface area contributed by atoms with Crippen LogP contribution in [-0.4, -0.2) is 64.1 Å². The predicted molar refractivity (Wildman–Crippen MR) is 122 cm³/mol. The van der Waals surface area contributed by atoms with Crippen molar-refractivity contribution >= 4 is 40.5 Å². The SMILES string of the molecule is Nc1ncnc(N2CC[C@@H](C(F)(F)F)[C@H](N3CCC[C@H](Nc4cc(Cl)cc(Cl)c4)C3O)C2)c1F. The normalized spacial score (nSPS) is 26.5. The lowest BCUT2D eigenvalue weighted by atomic mass is 9.87. The maximum absolute atomic E-state index is 14.5. The molecule has 34 heavy (non-hydrogen) atoms. The van der Waals surface area contributed by atoms with E-state index in [-0.39, 0.29) is 37.7 Å². The molecule has 7 nitrogen and oxygen atoms in total. The lowest BCUT2D eigenvalue weighted by molar-refractivity contribution is -0.207. The minimum atomic E-state index is -4.49. The van der Waals surface area contributed by atoms with E-state index in [9.17, 15) is 22.7 Å². The van der Waals surface area contributed by atoms with E-state index in [4.69, 9.17) is 28.9 Å². The van der Waals surface area contributed by atoms with Gasteiger partial charge in [0.05, 0.1) is 12.0 Å². The average Bonchev–Trinajstić information content (AvgIpc) is 2.75. The Bertz CT molecular complexity index is 1010. The smallest absolute Gasteiger partial charge is 0.381 e. The number of rotatable bonds is 4. The molecule has 2 fully saturated rings. The molecule has 186 valence electrons. The Balaban J connectivity index is 1.59. The van der Waals surface area contributed by atoms with E-state index in [0.717, 1.165) is 6.33 Å². The van der Waals surface area contributed by atoms with Gasteiger partial charge in [-0.1, -0.05) is 23.2 Å². The van der Waals surface area contributed by atoms with Gasteiger partial charge in [-0.3, -0.25) is 4.90 Å². The number of nitrogen functional groups attached to an aromatic ring is 1. The molecule has 0 saturated carbocycles. The van der Waals surface area contributed by atoms with Crippen molar-refractivity contribution in [3.63, 3.8) is 0 Å². The molecular formula is C21H24Cl2F4N6O. The minimum absolute atomic E-state index is 0.0549. The number of aliphatic hydroxyl groups excluding tert-OH is 1. The van der Waals surface area contributed by atoms with Crippen molar-refractivity contribution in [1.29, 1.82) is 0 Å². The van der Waals surface area contributed by atoms with Gasteiger partial charge >= 0.3 is 6.18 Å². The highest BCUT2D eigenvalue weighted by molar-refractivity contribution is 6.35. The van der Waals surface area contributed by atoms with E-state index in [1.165, 1.54) is 9.80 Å². The Morgan fingerprint density at radius 1 is 1.09 bits per heavy atom. The van der Waals surface area contributed by atoms with E-state index >= 15 is 0 Å². The van der Waals surface area contributed by atoms with Gasteiger partial charge in [-0.05, 0) is 37.5 Å². The Hall–Kier alpha value is -2.08. The molecule has 0 aliphatic carbocycles. The van der Waals surface area contributed by atoms with Crippen LogP contribution in [0.4, 0.5) is 34.9 Å².